The van der Waals surface area contributed by atoms with Gasteiger partial charge in [0.15, 0.2) is 0 Å². The Morgan fingerprint density at radius 1 is 1.19 bits per heavy atom. The largest absolute Gasteiger partial charge is 0.496 e. The first kappa shape index (κ1) is 15.8. The van der Waals surface area contributed by atoms with E-state index in [1.807, 2.05) is 36.0 Å². The van der Waals surface area contributed by atoms with Crippen molar-refractivity contribution in [3.05, 3.63) is 54.4 Å². The second-order valence-electron chi connectivity index (χ2n) is 5.73. The molecule has 0 unspecified atom stereocenters. The number of hydrogen-bond acceptors (Lipinski definition) is 5. The molecule has 0 aliphatic carbocycles. The molecule has 0 amide bonds. The van der Waals surface area contributed by atoms with Crippen LogP contribution in [0.15, 0.2) is 48.8 Å². The number of benzene rings is 2. The first-order chi connectivity index (χ1) is 12.6. The van der Waals surface area contributed by atoms with E-state index in [2.05, 4.69) is 15.3 Å². The molecule has 0 spiro atoms. The molecule has 2 heterocycles. The van der Waals surface area contributed by atoms with Gasteiger partial charge in [0.2, 0.25) is 0 Å². The lowest BCUT2D eigenvalue weighted by atomic mass is 10.1. The van der Waals surface area contributed by atoms with Crippen molar-refractivity contribution in [1.29, 1.82) is 0 Å². The molecular weight excluding hydrogens is 334 g/mol. The van der Waals surface area contributed by atoms with Crippen LogP contribution in [0.1, 0.15) is 10.4 Å². The third-order valence-electron chi connectivity index (χ3n) is 4.20. The predicted octanol–water partition coefficient (Wildman–Crippen LogP) is 2.53. The van der Waals surface area contributed by atoms with Gasteiger partial charge < -0.3 is 9.84 Å². The number of methoxy groups -OCH3 is 1. The van der Waals surface area contributed by atoms with Gasteiger partial charge in [-0.25, -0.2) is 14.5 Å². The fourth-order valence-corrected chi connectivity index (χ4v) is 2.92. The van der Waals surface area contributed by atoms with Crippen LogP contribution in [0.2, 0.25) is 0 Å². The second-order valence-corrected chi connectivity index (χ2v) is 5.73. The van der Waals surface area contributed by atoms with Crippen molar-refractivity contribution < 1.29 is 14.6 Å². The summed E-state index contributed by atoms with van der Waals surface area (Å²) in [7, 11) is 3.28. The minimum Gasteiger partial charge on any atom is -0.496 e. The number of carbonyl (C=O) groups is 1. The molecule has 0 saturated heterocycles. The fourth-order valence-electron chi connectivity index (χ4n) is 2.92. The Kier molecular flexibility index (Phi) is 3.65. The number of nitrogens with zero attached hydrogens (tertiary/aromatic N) is 5. The molecule has 0 bridgehead atoms. The van der Waals surface area contributed by atoms with Gasteiger partial charge in [-0.05, 0) is 36.4 Å². The van der Waals surface area contributed by atoms with Gasteiger partial charge in [-0.3, -0.25) is 4.57 Å². The van der Waals surface area contributed by atoms with Crippen molar-refractivity contribution in [2.45, 2.75) is 0 Å². The van der Waals surface area contributed by atoms with Crippen LogP contribution in [0.3, 0.4) is 0 Å². The van der Waals surface area contributed by atoms with Crippen LogP contribution >= 0.6 is 0 Å². The normalized spacial score (nSPS) is 11.0. The fraction of sp³-hybridized carbons (Fsp3) is 0.111. The van der Waals surface area contributed by atoms with Gasteiger partial charge in [-0.15, -0.1) is 5.10 Å². The smallest absolute Gasteiger partial charge is 0.339 e. The van der Waals surface area contributed by atoms with Crippen LogP contribution in [0.4, 0.5) is 0 Å². The molecule has 4 rings (SSSR count). The molecule has 0 aliphatic heterocycles. The molecule has 0 saturated carbocycles. The van der Waals surface area contributed by atoms with Crippen molar-refractivity contribution in [2.75, 3.05) is 7.11 Å². The number of fused-ring (bicyclic) bond motifs is 1. The molecule has 26 heavy (non-hydrogen) atoms. The highest BCUT2D eigenvalue weighted by Gasteiger charge is 2.15. The number of aryl methyl sites for hydroxylation is 1. The Hall–Kier alpha value is -3.68. The summed E-state index contributed by atoms with van der Waals surface area (Å²) in [6.45, 7) is 0. The van der Waals surface area contributed by atoms with Gasteiger partial charge in [-0.2, -0.15) is 0 Å². The molecule has 4 aromatic rings. The Labute approximate surface area is 148 Å². The maximum atomic E-state index is 11.5. The summed E-state index contributed by atoms with van der Waals surface area (Å²) >= 11 is 0. The minimum absolute atomic E-state index is 0.0870. The molecule has 0 fully saturated rings. The summed E-state index contributed by atoms with van der Waals surface area (Å²) in [6, 6.07) is 10.8. The van der Waals surface area contributed by atoms with Crippen molar-refractivity contribution in [3.8, 4) is 22.8 Å². The molecule has 0 radical (unpaired) electrons. The lowest BCUT2D eigenvalue weighted by molar-refractivity contribution is 0.0693. The summed E-state index contributed by atoms with van der Waals surface area (Å²) < 4.78 is 8.70. The van der Waals surface area contributed by atoms with E-state index in [4.69, 9.17) is 4.74 Å². The van der Waals surface area contributed by atoms with Crippen molar-refractivity contribution >= 4 is 17.0 Å². The zero-order valence-corrected chi connectivity index (χ0v) is 14.1. The molecule has 0 aliphatic rings. The van der Waals surface area contributed by atoms with Crippen molar-refractivity contribution in [2.24, 2.45) is 7.05 Å². The van der Waals surface area contributed by atoms with Gasteiger partial charge in [0.25, 0.3) is 0 Å². The average molecular weight is 349 g/mol. The Balaban J connectivity index is 1.84. The highest BCUT2D eigenvalue weighted by Crippen LogP contribution is 2.28. The number of carboxylic acids is 1. The number of carboxylic acid groups (broad SMARTS) is 1. The summed E-state index contributed by atoms with van der Waals surface area (Å²) in [4.78, 5) is 15.9. The van der Waals surface area contributed by atoms with Crippen molar-refractivity contribution in [1.82, 2.24) is 24.5 Å². The van der Waals surface area contributed by atoms with Gasteiger partial charge in [-0.1, -0.05) is 5.21 Å². The molecule has 8 nitrogen and oxygen atoms in total. The number of ether oxygens (including phenoxy) is 1. The topological polar surface area (TPSA) is 95.1 Å². The van der Waals surface area contributed by atoms with E-state index in [0.29, 0.717) is 17.1 Å². The standard InChI is InChI=1S/C18H15N5O3/c1-22-15-5-4-12(10-14(15)20-21-22)23-8-7-19-17(23)11-3-6-16(26-2)13(9-11)18(24)25/h3-10H,1-2H3,(H,24,25). The molecule has 130 valence electrons. The summed E-state index contributed by atoms with van der Waals surface area (Å²) in [6.07, 6.45) is 3.48. The van der Waals surface area contributed by atoms with E-state index in [1.54, 1.807) is 29.1 Å². The lowest BCUT2D eigenvalue weighted by Crippen LogP contribution is -2.02. The molecule has 2 aromatic carbocycles. The van der Waals surface area contributed by atoms with Gasteiger partial charge in [0, 0.05) is 30.7 Å². The SMILES string of the molecule is COc1ccc(-c2nccn2-c2ccc3c(c2)nnn3C)cc1C(=O)O. The van der Waals surface area contributed by atoms with E-state index >= 15 is 0 Å². The molecule has 0 atom stereocenters. The van der Waals surface area contributed by atoms with Crippen LogP contribution in [0, 0.1) is 0 Å². The van der Waals surface area contributed by atoms with Crippen LogP contribution in [0.5, 0.6) is 5.75 Å². The quantitative estimate of drug-likeness (QED) is 0.608. The number of imidazole rings is 1. The Morgan fingerprint density at radius 3 is 2.81 bits per heavy atom. The third-order valence-corrected chi connectivity index (χ3v) is 4.20. The number of hydrogen-bond donors (Lipinski definition) is 1. The maximum Gasteiger partial charge on any atom is 0.339 e. The van der Waals surface area contributed by atoms with E-state index in [-0.39, 0.29) is 5.56 Å². The van der Waals surface area contributed by atoms with E-state index in [0.717, 1.165) is 16.7 Å². The molecule has 8 heteroatoms. The summed E-state index contributed by atoms with van der Waals surface area (Å²) in [5, 5.41) is 17.5. The van der Waals surface area contributed by atoms with Crippen LogP contribution in [0.25, 0.3) is 28.1 Å². The number of aromatic carboxylic acids is 1. The molecule has 2 aromatic heterocycles. The van der Waals surface area contributed by atoms with Crippen LogP contribution < -0.4 is 4.74 Å². The maximum absolute atomic E-state index is 11.5. The third kappa shape index (κ3) is 2.48. The van der Waals surface area contributed by atoms with Gasteiger partial charge in [0.05, 0.1) is 12.6 Å². The molecular formula is C18H15N5O3. The van der Waals surface area contributed by atoms with E-state index in [1.165, 1.54) is 7.11 Å². The Morgan fingerprint density at radius 2 is 2.04 bits per heavy atom. The average Bonchev–Trinajstić information content (AvgIpc) is 3.28. The highest BCUT2D eigenvalue weighted by molar-refractivity contribution is 5.92. The number of aromatic nitrogens is 5. The summed E-state index contributed by atoms with van der Waals surface area (Å²) in [5.74, 6) is -0.124. The van der Waals surface area contributed by atoms with Crippen LogP contribution in [-0.4, -0.2) is 42.7 Å². The first-order valence-electron chi connectivity index (χ1n) is 7.83. The minimum atomic E-state index is -1.05. The predicted molar refractivity (Wildman–Crippen MR) is 94.6 cm³/mol. The van der Waals surface area contributed by atoms with Gasteiger partial charge >= 0.3 is 5.97 Å². The second kappa shape index (κ2) is 5.99. The Bertz CT molecular complexity index is 1130. The van der Waals surface area contributed by atoms with Gasteiger partial charge in [0.1, 0.15) is 22.7 Å². The van der Waals surface area contributed by atoms with E-state index < -0.39 is 5.97 Å². The monoisotopic (exact) mass is 349 g/mol. The first-order valence-corrected chi connectivity index (χ1v) is 7.83. The highest BCUT2D eigenvalue weighted by atomic mass is 16.5. The van der Waals surface area contributed by atoms with Crippen LogP contribution in [-0.2, 0) is 7.05 Å². The van der Waals surface area contributed by atoms with E-state index in [9.17, 15) is 9.90 Å². The number of rotatable bonds is 4. The molecule has 1 N–H and O–H groups in total. The zero-order chi connectivity index (χ0) is 18.3. The summed E-state index contributed by atoms with van der Waals surface area (Å²) in [5.41, 5.74) is 3.31. The van der Waals surface area contributed by atoms with Crippen molar-refractivity contribution in [3.63, 3.8) is 0 Å². The zero-order valence-electron chi connectivity index (χ0n) is 14.1. The lowest BCUT2D eigenvalue weighted by Gasteiger charge is -2.10.